The molecule has 1 unspecified atom stereocenters. The van der Waals surface area contributed by atoms with Gasteiger partial charge in [0.1, 0.15) is 11.6 Å². The van der Waals surface area contributed by atoms with Gasteiger partial charge in [-0.05, 0) is 42.0 Å². The fourth-order valence-corrected chi connectivity index (χ4v) is 3.34. The summed E-state index contributed by atoms with van der Waals surface area (Å²) in [6.07, 6.45) is 1.19. The summed E-state index contributed by atoms with van der Waals surface area (Å²) in [7, 11) is 1.70. The number of halogens is 3. The molecule has 2 rings (SSSR count). The average Bonchev–Trinajstić information content (AvgIpc) is 2.49. The van der Waals surface area contributed by atoms with Crippen LogP contribution in [0.2, 0.25) is 0 Å². The van der Waals surface area contributed by atoms with E-state index < -0.39 is 23.3 Å². The predicted molar refractivity (Wildman–Crippen MR) is 80.3 cm³/mol. The van der Waals surface area contributed by atoms with Crippen LogP contribution >= 0.6 is 15.9 Å². The van der Waals surface area contributed by atoms with Crippen LogP contribution in [0.3, 0.4) is 0 Å². The summed E-state index contributed by atoms with van der Waals surface area (Å²) in [5.41, 5.74) is -0.647. The van der Waals surface area contributed by atoms with Crippen molar-refractivity contribution in [2.45, 2.75) is 31.4 Å². The van der Waals surface area contributed by atoms with Crippen molar-refractivity contribution in [3.05, 3.63) is 33.8 Å². The Morgan fingerprint density at radius 3 is 2.62 bits per heavy atom. The lowest BCUT2D eigenvalue weighted by Gasteiger charge is -2.43. The van der Waals surface area contributed by atoms with Crippen LogP contribution in [0.4, 0.5) is 8.78 Å². The maximum Gasteiger partial charge on any atom is 0.145 e. The van der Waals surface area contributed by atoms with Crippen molar-refractivity contribution in [1.82, 2.24) is 5.32 Å². The molecule has 0 aromatic heterocycles. The van der Waals surface area contributed by atoms with E-state index in [1.807, 2.05) is 6.92 Å². The number of nitrogens with one attached hydrogen (secondary N) is 1. The van der Waals surface area contributed by atoms with Gasteiger partial charge in [-0.3, -0.25) is 0 Å². The van der Waals surface area contributed by atoms with Crippen LogP contribution in [-0.2, 0) is 9.47 Å². The molecule has 0 amide bonds. The zero-order valence-corrected chi connectivity index (χ0v) is 13.8. The first kappa shape index (κ1) is 16.8. The first-order valence-electron chi connectivity index (χ1n) is 7.08. The van der Waals surface area contributed by atoms with E-state index >= 15 is 0 Å². The minimum atomic E-state index is -0.662. The number of rotatable bonds is 5. The van der Waals surface area contributed by atoms with E-state index in [-0.39, 0.29) is 10.0 Å². The van der Waals surface area contributed by atoms with E-state index in [2.05, 4.69) is 21.2 Å². The maximum absolute atomic E-state index is 14.5. The minimum absolute atomic E-state index is 0.0159. The summed E-state index contributed by atoms with van der Waals surface area (Å²) < 4.78 is 40.3. The van der Waals surface area contributed by atoms with E-state index in [0.29, 0.717) is 32.7 Å². The van der Waals surface area contributed by atoms with Crippen molar-refractivity contribution >= 4 is 15.9 Å². The highest BCUT2D eigenvalue weighted by Gasteiger charge is 2.43. The Hall–Kier alpha value is -0.560. The summed E-state index contributed by atoms with van der Waals surface area (Å²) in [6, 6.07) is 2.07. The fourth-order valence-electron chi connectivity index (χ4n) is 3.00. The van der Waals surface area contributed by atoms with Crippen LogP contribution in [0.15, 0.2) is 16.6 Å². The molecule has 1 aromatic rings. The highest BCUT2D eigenvalue weighted by Crippen LogP contribution is 2.40. The number of hydrogen-bond acceptors (Lipinski definition) is 3. The summed E-state index contributed by atoms with van der Waals surface area (Å²) in [5.74, 6) is -1.15. The molecule has 1 saturated heterocycles. The smallest absolute Gasteiger partial charge is 0.145 e. The Labute approximate surface area is 132 Å². The first-order valence-corrected chi connectivity index (χ1v) is 7.87. The lowest BCUT2D eigenvalue weighted by Crippen LogP contribution is -2.49. The Morgan fingerprint density at radius 2 is 2.05 bits per heavy atom. The van der Waals surface area contributed by atoms with Gasteiger partial charge in [-0.1, -0.05) is 0 Å². The van der Waals surface area contributed by atoms with Crippen LogP contribution in [0.1, 0.15) is 31.4 Å². The fraction of sp³-hybridized carbons (Fsp3) is 0.600. The summed E-state index contributed by atoms with van der Waals surface area (Å²) >= 11 is 3.12. The van der Waals surface area contributed by atoms with Crippen molar-refractivity contribution in [2.24, 2.45) is 0 Å². The van der Waals surface area contributed by atoms with E-state index in [9.17, 15) is 8.78 Å². The summed E-state index contributed by atoms with van der Waals surface area (Å²) in [4.78, 5) is 0. The highest BCUT2D eigenvalue weighted by molar-refractivity contribution is 9.10. The molecule has 1 aromatic carbocycles. The molecule has 1 atom stereocenters. The maximum atomic E-state index is 14.5. The minimum Gasteiger partial charge on any atom is -0.381 e. The second kappa shape index (κ2) is 7.13. The SMILES string of the molecule is CCOC1(C(NC)c2c(F)ccc(Br)c2F)CCOCC1. The summed E-state index contributed by atoms with van der Waals surface area (Å²) in [6.45, 7) is 3.41. The van der Waals surface area contributed by atoms with Crippen molar-refractivity contribution in [2.75, 3.05) is 26.9 Å². The number of ether oxygens (including phenoxy) is 2. The quantitative estimate of drug-likeness (QED) is 0.811. The number of hydrogen-bond donors (Lipinski definition) is 1. The zero-order chi connectivity index (χ0) is 15.5. The van der Waals surface area contributed by atoms with E-state index in [1.54, 1.807) is 7.05 Å². The molecule has 0 bridgehead atoms. The third-order valence-corrected chi connectivity index (χ3v) is 4.57. The molecule has 0 radical (unpaired) electrons. The molecule has 118 valence electrons. The predicted octanol–water partition coefficient (Wildman–Crippen LogP) is 3.57. The molecule has 6 heteroatoms. The molecule has 0 spiro atoms. The van der Waals surface area contributed by atoms with Crippen LogP contribution in [0.25, 0.3) is 0 Å². The highest BCUT2D eigenvalue weighted by atomic mass is 79.9. The molecule has 1 heterocycles. The van der Waals surface area contributed by atoms with Gasteiger partial charge in [-0.2, -0.15) is 0 Å². The first-order chi connectivity index (χ1) is 10.1. The van der Waals surface area contributed by atoms with Crippen LogP contribution in [0.5, 0.6) is 0 Å². The number of benzene rings is 1. The van der Waals surface area contributed by atoms with Gasteiger partial charge in [0.05, 0.1) is 16.1 Å². The van der Waals surface area contributed by atoms with Crippen LogP contribution in [-0.4, -0.2) is 32.5 Å². The lowest BCUT2D eigenvalue weighted by molar-refractivity contribution is -0.128. The number of likely N-dealkylation sites (N-methyl/N-ethyl adjacent to an activating group) is 1. The zero-order valence-electron chi connectivity index (χ0n) is 12.2. The van der Waals surface area contributed by atoms with Crippen molar-refractivity contribution < 1.29 is 18.3 Å². The molecule has 1 aliphatic rings. The van der Waals surface area contributed by atoms with Crippen LogP contribution < -0.4 is 5.32 Å². The molecular weight excluding hydrogens is 344 g/mol. The molecule has 1 N–H and O–H groups in total. The van der Waals surface area contributed by atoms with Crippen molar-refractivity contribution in [1.29, 1.82) is 0 Å². The third-order valence-electron chi connectivity index (χ3n) is 3.95. The molecule has 1 aliphatic heterocycles. The van der Waals surface area contributed by atoms with Gasteiger partial charge in [0.2, 0.25) is 0 Å². The Kier molecular flexibility index (Phi) is 5.71. The lowest BCUT2D eigenvalue weighted by atomic mass is 9.81. The second-order valence-corrected chi connectivity index (χ2v) is 5.94. The van der Waals surface area contributed by atoms with Gasteiger partial charge in [0, 0.05) is 38.2 Å². The molecule has 3 nitrogen and oxygen atoms in total. The normalized spacial score (nSPS) is 19.5. The topological polar surface area (TPSA) is 30.5 Å². The molecule has 1 fully saturated rings. The molecule has 0 aliphatic carbocycles. The van der Waals surface area contributed by atoms with Gasteiger partial charge in [-0.15, -0.1) is 0 Å². The Balaban J connectivity index is 2.48. The molecule has 0 saturated carbocycles. The molecule has 21 heavy (non-hydrogen) atoms. The Morgan fingerprint density at radius 1 is 1.38 bits per heavy atom. The second-order valence-electron chi connectivity index (χ2n) is 5.09. The van der Waals surface area contributed by atoms with E-state index in [1.165, 1.54) is 12.1 Å². The Bertz CT molecular complexity index is 487. The van der Waals surface area contributed by atoms with Gasteiger partial charge in [0.25, 0.3) is 0 Å². The van der Waals surface area contributed by atoms with E-state index in [4.69, 9.17) is 9.47 Å². The standard InChI is InChI=1S/C15H20BrF2NO2/c1-3-21-15(6-8-20-9-7-15)14(19-2)12-11(17)5-4-10(16)13(12)18/h4-5,14,19H,3,6-9H2,1-2H3. The molecular formula is C15H20BrF2NO2. The van der Waals surface area contributed by atoms with Gasteiger partial charge < -0.3 is 14.8 Å². The van der Waals surface area contributed by atoms with Crippen molar-refractivity contribution in [3.8, 4) is 0 Å². The monoisotopic (exact) mass is 363 g/mol. The third kappa shape index (κ3) is 3.28. The summed E-state index contributed by atoms with van der Waals surface area (Å²) in [5, 5.41) is 3.04. The average molecular weight is 364 g/mol. The van der Waals surface area contributed by atoms with Crippen LogP contribution in [0, 0.1) is 11.6 Å². The van der Waals surface area contributed by atoms with Gasteiger partial charge in [-0.25, -0.2) is 8.78 Å². The van der Waals surface area contributed by atoms with E-state index in [0.717, 1.165) is 0 Å². The van der Waals surface area contributed by atoms with Gasteiger partial charge >= 0.3 is 0 Å². The van der Waals surface area contributed by atoms with Gasteiger partial charge in [0.15, 0.2) is 0 Å². The van der Waals surface area contributed by atoms with Crippen molar-refractivity contribution in [3.63, 3.8) is 0 Å². The largest absolute Gasteiger partial charge is 0.381 e.